The lowest BCUT2D eigenvalue weighted by molar-refractivity contribution is -0.130. The van der Waals surface area contributed by atoms with Crippen molar-refractivity contribution in [3.63, 3.8) is 0 Å². The van der Waals surface area contributed by atoms with Crippen LogP contribution in [-0.4, -0.2) is 33.3 Å². The number of thioether (sulfide) groups is 1. The molecule has 5 rings (SSSR count). The molecule has 1 amide bonds. The van der Waals surface area contributed by atoms with Gasteiger partial charge in [0.1, 0.15) is 0 Å². The summed E-state index contributed by atoms with van der Waals surface area (Å²) in [6, 6.07) is 9.78. The molecule has 28 heavy (non-hydrogen) atoms. The van der Waals surface area contributed by atoms with Gasteiger partial charge in [0.15, 0.2) is 5.76 Å². The summed E-state index contributed by atoms with van der Waals surface area (Å²) in [5, 5.41) is 12.5. The molecule has 6 nitrogen and oxygen atoms in total. The maximum Gasteiger partial charge on any atom is 0.284 e. The van der Waals surface area contributed by atoms with Crippen LogP contribution in [-0.2, 0) is 11.2 Å². The largest absolute Gasteiger partial charge is 0.459 e. The van der Waals surface area contributed by atoms with Gasteiger partial charge in [-0.25, -0.2) is 0 Å². The Morgan fingerprint density at radius 2 is 2.18 bits per heavy atom. The molecule has 0 radical (unpaired) electrons. The van der Waals surface area contributed by atoms with E-state index < -0.39 is 0 Å². The number of hydrogen-bond donors (Lipinski definition) is 0. The number of carbonyl (C=O) groups is 1. The van der Waals surface area contributed by atoms with Gasteiger partial charge in [-0.15, -0.1) is 32.9 Å². The molecule has 5 heterocycles. The van der Waals surface area contributed by atoms with Gasteiger partial charge in [0.05, 0.1) is 18.1 Å². The van der Waals surface area contributed by atoms with Gasteiger partial charge in [0.25, 0.3) is 11.1 Å². The highest BCUT2D eigenvalue weighted by atomic mass is 32.2. The molecule has 1 atom stereocenters. The summed E-state index contributed by atoms with van der Waals surface area (Å²) < 4.78 is 10.8. The van der Waals surface area contributed by atoms with Crippen molar-refractivity contribution in [3.8, 4) is 11.7 Å². The quantitative estimate of drug-likeness (QED) is 0.428. The summed E-state index contributed by atoms with van der Waals surface area (Å²) in [6.07, 6.45) is 2.45. The lowest BCUT2D eigenvalue weighted by Gasteiger charge is -2.35. The number of carbonyl (C=O) groups excluding carboxylic acids is 1. The topological polar surface area (TPSA) is 72.4 Å². The zero-order chi connectivity index (χ0) is 18.9. The van der Waals surface area contributed by atoms with Crippen LogP contribution in [0.4, 0.5) is 0 Å². The molecule has 0 aliphatic carbocycles. The predicted molar refractivity (Wildman–Crippen MR) is 109 cm³/mol. The van der Waals surface area contributed by atoms with E-state index >= 15 is 0 Å². The van der Waals surface area contributed by atoms with Crippen LogP contribution in [0.2, 0.25) is 0 Å². The Bertz CT molecular complexity index is 1070. The minimum absolute atomic E-state index is 0.00975. The molecular formula is C19H15N3O3S3. The third-order valence-electron chi connectivity index (χ3n) is 4.56. The molecule has 4 aromatic heterocycles. The smallest absolute Gasteiger partial charge is 0.284 e. The minimum atomic E-state index is -0.00975. The monoisotopic (exact) mass is 429 g/mol. The van der Waals surface area contributed by atoms with Crippen LogP contribution in [0, 0.1) is 0 Å². The summed E-state index contributed by atoms with van der Waals surface area (Å²) in [5.74, 6) is 1.15. The van der Waals surface area contributed by atoms with Gasteiger partial charge in [0.2, 0.25) is 5.91 Å². The van der Waals surface area contributed by atoms with E-state index in [1.165, 1.54) is 27.1 Å². The van der Waals surface area contributed by atoms with Gasteiger partial charge < -0.3 is 13.7 Å². The third-order valence-corrected chi connectivity index (χ3v) is 7.28. The number of furan rings is 1. The van der Waals surface area contributed by atoms with Crippen LogP contribution in [0.1, 0.15) is 21.4 Å². The molecule has 0 saturated heterocycles. The van der Waals surface area contributed by atoms with Crippen molar-refractivity contribution in [1.29, 1.82) is 0 Å². The second kappa shape index (κ2) is 7.57. The highest BCUT2D eigenvalue weighted by Crippen LogP contribution is 2.39. The highest BCUT2D eigenvalue weighted by Gasteiger charge is 2.33. The van der Waals surface area contributed by atoms with Crippen molar-refractivity contribution in [2.75, 3.05) is 12.3 Å². The Hall–Kier alpha value is -2.36. The van der Waals surface area contributed by atoms with Gasteiger partial charge in [-0.2, -0.15) is 0 Å². The fraction of sp³-hybridized carbons (Fsp3) is 0.211. The van der Waals surface area contributed by atoms with E-state index in [9.17, 15) is 4.79 Å². The number of aromatic nitrogens is 2. The third kappa shape index (κ3) is 3.30. The van der Waals surface area contributed by atoms with Gasteiger partial charge in [-0.3, -0.25) is 4.79 Å². The first kappa shape index (κ1) is 17.7. The number of fused-ring (bicyclic) bond motifs is 1. The highest BCUT2D eigenvalue weighted by molar-refractivity contribution is 7.99. The maximum absolute atomic E-state index is 13.0. The van der Waals surface area contributed by atoms with E-state index in [0.29, 0.717) is 16.9 Å². The molecule has 4 aromatic rings. The normalized spacial score (nSPS) is 16.3. The Labute approximate surface area is 173 Å². The van der Waals surface area contributed by atoms with Gasteiger partial charge in [0, 0.05) is 16.3 Å². The predicted octanol–water partition coefficient (Wildman–Crippen LogP) is 4.72. The fourth-order valence-corrected chi connectivity index (χ4v) is 5.72. The molecule has 0 N–H and O–H groups in total. The molecule has 142 valence electrons. The average Bonchev–Trinajstić information content (AvgIpc) is 3.50. The molecule has 9 heteroatoms. The lowest BCUT2D eigenvalue weighted by Crippen LogP contribution is -2.40. The molecular weight excluding hydrogens is 414 g/mol. The molecule has 0 bridgehead atoms. The SMILES string of the molecule is O=C(CSc1nnc(-c2ccco2)o1)N1CCc2sccc2[C@@H]1c1cccs1. The zero-order valence-corrected chi connectivity index (χ0v) is 17.1. The van der Waals surface area contributed by atoms with Crippen molar-refractivity contribution in [2.24, 2.45) is 0 Å². The summed E-state index contributed by atoms with van der Waals surface area (Å²) in [4.78, 5) is 17.6. The zero-order valence-electron chi connectivity index (χ0n) is 14.6. The molecule has 1 aliphatic rings. The summed E-state index contributed by atoms with van der Waals surface area (Å²) in [6.45, 7) is 0.719. The van der Waals surface area contributed by atoms with E-state index in [-0.39, 0.29) is 17.7 Å². The molecule has 0 spiro atoms. The molecule has 1 aliphatic heterocycles. The molecule has 0 unspecified atom stereocenters. The van der Waals surface area contributed by atoms with Crippen molar-refractivity contribution < 1.29 is 13.6 Å². The number of amides is 1. The fourth-order valence-electron chi connectivity index (χ4n) is 3.31. The van der Waals surface area contributed by atoms with Crippen LogP contribution >= 0.6 is 34.4 Å². The van der Waals surface area contributed by atoms with Crippen LogP contribution in [0.5, 0.6) is 0 Å². The maximum atomic E-state index is 13.0. The van der Waals surface area contributed by atoms with Crippen LogP contribution in [0.25, 0.3) is 11.7 Å². The molecule has 0 aromatic carbocycles. The first-order chi connectivity index (χ1) is 13.8. The Balaban J connectivity index is 1.32. The van der Waals surface area contributed by atoms with E-state index in [2.05, 4.69) is 33.1 Å². The van der Waals surface area contributed by atoms with Crippen molar-refractivity contribution in [3.05, 3.63) is 62.7 Å². The van der Waals surface area contributed by atoms with E-state index in [0.717, 1.165) is 13.0 Å². The van der Waals surface area contributed by atoms with Crippen molar-refractivity contribution in [1.82, 2.24) is 15.1 Å². The van der Waals surface area contributed by atoms with Crippen molar-refractivity contribution >= 4 is 40.3 Å². The summed E-state index contributed by atoms with van der Waals surface area (Å²) >= 11 is 4.71. The van der Waals surface area contributed by atoms with Crippen LogP contribution in [0.15, 0.2) is 61.4 Å². The Morgan fingerprint density at radius 1 is 1.21 bits per heavy atom. The average molecular weight is 430 g/mol. The van der Waals surface area contributed by atoms with Crippen LogP contribution in [0.3, 0.4) is 0 Å². The Morgan fingerprint density at radius 3 is 3.00 bits per heavy atom. The second-order valence-electron chi connectivity index (χ2n) is 6.19. The number of rotatable bonds is 5. The summed E-state index contributed by atoms with van der Waals surface area (Å²) in [5.41, 5.74) is 1.25. The van der Waals surface area contributed by atoms with E-state index in [4.69, 9.17) is 8.83 Å². The number of nitrogens with zero attached hydrogens (tertiary/aromatic N) is 3. The van der Waals surface area contributed by atoms with Gasteiger partial charge >= 0.3 is 0 Å². The van der Waals surface area contributed by atoms with Gasteiger partial charge in [-0.1, -0.05) is 17.8 Å². The van der Waals surface area contributed by atoms with E-state index in [1.807, 2.05) is 11.0 Å². The van der Waals surface area contributed by atoms with Crippen molar-refractivity contribution in [2.45, 2.75) is 17.7 Å². The number of thiophene rings is 2. The summed E-state index contributed by atoms with van der Waals surface area (Å²) in [7, 11) is 0. The van der Waals surface area contributed by atoms with E-state index in [1.54, 1.807) is 41.1 Å². The van der Waals surface area contributed by atoms with Gasteiger partial charge in [-0.05, 0) is 47.0 Å². The van der Waals surface area contributed by atoms with Crippen LogP contribution < -0.4 is 0 Å². The molecule has 0 fully saturated rings. The second-order valence-corrected chi connectivity index (χ2v) is 9.10. The first-order valence-corrected chi connectivity index (χ1v) is 11.4. The number of hydrogen-bond acceptors (Lipinski definition) is 8. The molecule has 0 saturated carbocycles. The minimum Gasteiger partial charge on any atom is -0.459 e. The Kier molecular flexibility index (Phi) is 4.79. The standard InChI is InChI=1S/C19H15N3O3S3/c23-16(11-28-19-21-20-18(25-19)13-3-1-8-24-13)22-7-5-14-12(6-10-27-14)17(22)15-4-2-9-26-15/h1-4,6,8-10,17H,5,7,11H2/t17-/m1/s1. The first-order valence-electron chi connectivity index (χ1n) is 8.69. The lowest BCUT2D eigenvalue weighted by atomic mass is 9.98.